The molecular formula is C14H13N5OS2. The fourth-order valence-corrected chi connectivity index (χ4v) is 3.53. The topological polar surface area (TPSA) is 72.7 Å². The molecule has 0 bridgehead atoms. The summed E-state index contributed by atoms with van der Waals surface area (Å²) >= 11 is 3.10. The van der Waals surface area contributed by atoms with Crippen molar-refractivity contribution >= 4 is 34.1 Å². The number of aromatic nitrogens is 4. The fraction of sp³-hybridized carbons (Fsp3) is 0.143. The Morgan fingerprint density at radius 3 is 2.95 bits per heavy atom. The van der Waals surface area contributed by atoms with Crippen LogP contribution in [0.5, 0.6) is 0 Å². The SMILES string of the molecule is CSc1sc(NC(=O)c2cccc(-n3cncn3)c2)nc1C. The smallest absolute Gasteiger partial charge is 0.257 e. The Hall–Kier alpha value is -2.19. The van der Waals surface area contributed by atoms with Gasteiger partial charge in [-0.25, -0.2) is 14.6 Å². The number of aryl methyl sites for hydroxylation is 1. The second-order valence-electron chi connectivity index (χ2n) is 4.44. The molecule has 0 aliphatic rings. The van der Waals surface area contributed by atoms with Crippen molar-refractivity contribution < 1.29 is 4.79 Å². The van der Waals surface area contributed by atoms with E-state index >= 15 is 0 Å². The van der Waals surface area contributed by atoms with Crippen LogP contribution in [0.3, 0.4) is 0 Å². The van der Waals surface area contributed by atoms with Gasteiger partial charge in [-0.1, -0.05) is 17.4 Å². The van der Waals surface area contributed by atoms with E-state index in [4.69, 9.17) is 0 Å². The first kappa shape index (κ1) is 14.7. The monoisotopic (exact) mass is 331 g/mol. The Balaban J connectivity index is 1.81. The van der Waals surface area contributed by atoms with Crippen molar-refractivity contribution in [2.45, 2.75) is 11.1 Å². The molecule has 0 radical (unpaired) electrons. The molecule has 3 rings (SSSR count). The fourth-order valence-electron chi connectivity index (χ4n) is 1.93. The van der Waals surface area contributed by atoms with Gasteiger partial charge >= 0.3 is 0 Å². The van der Waals surface area contributed by atoms with Crippen molar-refractivity contribution in [1.29, 1.82) is 0 Å². The van der Waals surface area contributed by atoms with Crippen LogP contribution in [0.2, 0.25) is 0 Å². The summed E-state index contributed by atoms with van der Waals surface area (Å²) < 4.78 is 2.71. The van der Waals surface area contributed by atoms with E-state index in [1.54, 1.807) is 34.9 Å². The summed E-state index contributed by atoms with van der Waals surface area (Å²) in [6.45, 7) is 1.93. The molecule has 0 aliphatic carbocycles. The number of nitrogens with zero attached hydrogens (tertiary/aromatic N) is 4. The summed E-state index contributed by atoms with van der Waals surface area (Å²) in [4.78, 5) is 20.6. The number of thiazole rings is 1. The van der Waals surface area contributed by atoms with Gasteiger partial charge in [-0.05, 0) is 31.4 Å². The van der Waals surface area contributed by atoms with Gasteiger partial charge in [0.2, 0.25) is 0 Å². The van der Waals surface area contributed by atoms with E-state index in [0.717, 1.165) is 15.6 Å². The van der Waals surface area contributed by atoms with Gasteiger partial charge in [0, 0.05) is 5.56 Å². The molecule has 0 saturated carbocycles. The van der Waals surface area contributed by atoms with Crippen LogP contribution in [0, 0.1) is 6.92 Å². The van der Waals surface area contributed by atoms with E-state index < -0.39 is 0 Å². The minimum atomic E-state index is -0.191. The number of carbonyl (C=O) groups is 1. The number of benzene rings is 1. The molecule has 22 heavy (non-hydrogen) atoms. The van der Waals surface area contributed by atoms with Crippen LogP contribution < -0.4 is 5.32 Å². The van der Waals surface area contributed by atoms with Crippen LogP contribution in [0.15, 0.2) is 41.1 Å². The maximum absolute atomic E-state index is 12.3. The molecule has 8 heteroatoms. The zero-order valence-electron chi connectivity index (χ0n) is 12.0. The van der Waals surface area contributed by atoms with E-state index in [2.05, 4.69) is 20.4 Å². The summed E-state index contributed by atoms with van der Waals surface area (Å²) in [6, 6.07) is 7.20. The highest BCUT2D eigenvalue weighted by Gasteiger charge is 2.12. The molecule has 2 heterocycles. The van der Waals surface area contributed by atoms with Gasteiger partial charge in [-0.3, -0.25) is 10.1 Å². The largest absolute Gasteiger partial charge is 0.298 e. The molecule has 0 unspecified atom stereocenters. The number of nitrogens with one attached hydrogen (secondary N) is 1. The third kappa shape index (κ3) is 3.02. The summed E-state index contributed by atoms with van der Waals surface area (Å²) in [5.74, 6) is -0.191. The highest BCUT2D eigenvalue weighted by atomic mass is 32.2. The summed E-state index contributed by atoms with van der Waals surface area (Å²) in [6.07, 6.45) is 5.04. The predicted octanol–water partition coefficient (Wildman–Crippen LogP) is 3.01. The van der Waals surface area contributed by atoms with Crippen molar-refractivity contribution in [3.63, 3.8) is 0 Å². The zero-order valence-corrected chi connectivity index (χ0v) is 13.6. The van der Waals surface area contributed by atoms with Crippen LogP contribution in [0.1, 0.15) is 16.1 Å². The second kappa shape index (κ2) is 6.29. The quantitative estimate of drug-likeness (QED) is 0.744. The predicted molar refractivity (Wildman–Crippen MR) is 87.9 cm³/mol. The number of hydrogen-bond donors (Lipinski definition) is 1. The lowest BCUT2D eigenvalue weighted by atomic mass is 10.2. The molecule has 0 atom stereocenters. The molecule has 2 aromatic heterocycles. The molecule has 1 N–H and O–H groups in total. The Morgan fingerprint density at radius 2 is 2.27 bits per heavy atom. The van der Waals surface area contributed by atoms with E-state index in [1.807, 2.05) is 25.3 Å². The van der Waals surface area contributed by atoms with Crippen molar-refractivity contribution in [2.24, 2.45) is 0 Å². The molecule has 3 aromatic rings. The number of rotatable bonds is 4. The van der Waals surface area contributed by atoms with E-state index in [1.165, 1.54) is 17.7 Å². The lowest BCUT2D eigenvalue weighted by Gasteiger charge is -2.04. The number of hydrogen-bond acceptors (Lipinski definition) is 6. The third-order valence-electron chi connectivity index (χ3n) is 2.95. The first-order chi connectivity index (χ1) is 10.7. The standard InChI is InChI=1S/C14H13N5OS2/c1-9-13(21-2)22-14(17-9)18-12(20)10-4-3-5-11(6-10)19-8-15-7-16-19/h3-8H,1-2H3,(H,17,18,20). The Morgan fingerprint density at radius 1 is 1.41 bits per heavy atom. The van der Waals surface area contributed by atoms with Crippen molar-refractivity contribution in [3.8, 4) is 5.69 Å². The van der Waals surface area contributed by atoms with Crippen LogP contribution >= 0.6 is 23.1 Å². The third-order valence-corrected chi connectivity index (χ3v) is 5.24. The normalized spacial score (nSPS) is 10.6. The van der Waals surface area contributed by atoms with Gasteiger partial charge in [0.1, 0.15) is 12.7 Å². The summed E-state index contributed by atoms with van der Waals surface area (Å²) in [5.41, 5.74) is 2.26. The Bertz CT molecular complexity index is 797. The van der Waals surface area contributed by atoms with Gasteiger partial charge in [0.15, 0.2) is 5.13 Å². The van der Waals surface area contributed by atoms with Gasteiger partial charge < -0.3 is 0 Å². The van der Waals surface area contributed by atoms with Gasteiger partial charge in [-0.15, -0.1) is 11.8 Å². The Labute approximate surface area is 135 Å². The highest BCUT2D eigenvalue weighted by Crippen LogP contribution is 2.30. The molecule has 6 nitrogen and oxygen atoms in total. The highest BCUT2D eigenvalue weighted by molar-refractivity contribution is 8.00. The molecular weight excluding hydrogens is 318 g/mol. The van der Waals surface area contributed by atoms with Crippen molar-refractivity contribution in [2.75, 3.05) is 11.6 Å². The van der Waals surface area contributed by atoms with Crippen LogP contribution in [-0.4, -0.2) is 31.9 Å². The first-order valence-corrected chi connectivity index (χ1v) is 8.49. The average molecular weight is 331 g/mol. The minimum absolute atomic E-state index is 0.191. The number of carbonyl (C=O) groups excluding carboxylic acids is 1. The maximum Gasteiger partial charge on any atom is 0.257 e. The van der Waals surface area contributed by atoms with Gasteiger partial charge in [0.25, 0.3) is 5.91 Å². The number of thioether (sulfide) groups is 1. The molecule has 0 saturated heterocycles. The van der Waals surface area contributed by atoms with Crippen LogP contribution in [0.25, 0.3) is 5.69 Å². The molecule has 0 spiro atoms. The van der Waals surface area contributed by atoms with Crippen molar-refractivity contribution in [3.05, 3.63) is 48.2 Å². The maximum atomic E-state index is 12.3. The van der Waals surface area contributed by atoms with Gasteiger partial charge in [-0.2, -0.15) is 5.10 Å². The molecule has 1 amide bonds. The number of anilines is 1. The molecule has 0 aliphatic heterocycles. The minimum Gasteiger partial charge on any atom is -0.298 e. The van der Waals surface area contributed by atoms with E-state index in [9.17, 15) is 4.79 Å². The Kier molecular flexibility index (Phi) is 4.21. The van der Waals surface area contributed by atoms with Gasteiger partial charge in [0.05, 0.1) is 15.6 Å². The van der Waals surface area contributed by atoms with Crippen LogP contribution in [-0.2, 0) is 0 Å². The summed E-state index contributed by atoms with van der Waals surface area (Å²) in [7, 11) is 0. The van der Waals surface area contributed by atoms with E-state index in [-0.39, 0.29) is 5.91 Å². The van der Waals surface area contributed by atoms with Crippen LogP contribution in [0.4, 0.5) is 5.13 Å². The summed E-state index contributed by atoms with van der Waals surface area (Å²) in [5, 5.41) is 7.50. The lowest BCUT2D eigenvalue weighted by molar-refractivity contribution is 0.102. The zero-order chi connectivity index (χ0) is 15.5. The average Bonchev–Trinajstić information content (AvgIpc) is 3.17. The molecule has 112 valence electrons. The second-order valence-corrected chi connectivity index (χ2v) is 6.51. The molecule has 0 fully saturated rings. The van der Waals surface area contributed by atoms with Crippen molar-refractivity contribution in [1.82, 2.24) is 19.7 Å². The lowest BCUT2D eigenvalue weighted by Crippen LogP contribution is -2.12. The number of amides is 1. The first-order valence-electron chi connectivity index (χ1n) is 6.45. The molecule has 1 aromatic carbocycles. The van der Waals surface area contributed by atoms with E-state index in [0.29, 0.717) is 10.7 Å².